The van der Waals surface area contributed by atoms with Gasteiger partial charge in [0.2, 0.25) is 5.89 Å². The molecule has 6 nitrogen and oxygen atoms in total. The fourth-order valence-electron chi connectivity index (χ4n) is 3.08. The highest BCUT2D eigenvalue weighted by Gasteiger charge is 2.37. The van der Waals surface area contributed by atoms with E-state index < -0.39 is 10.0 Å². The van der Waals surface area contributed by atoms with Crippen LogP contribution < -0.4 is 4.31 Å². The van der Waals surface area contributed by atoms with Crippen LogP contribution >= 0.6 is 0 Å². The summed E-state index contributed by atoms with van der Waals surface area (Å²) in [6.45, 7) is 0.0896. The van der Waals surface area contributed by atoms with Crippen LogP contribution in [0.1, 0.15) is 30.5 Å². The summed E-state index contributed by atoms with van der Waals surface area (Å²) in [5.74, 6) is 1.37. The average molecular weight is 327 g/mol. The zero-order valence-electron chi connectivity index (χ0n) is 12.1. The highest BCUT2D eigenvalue weighted by Crippen LogP contribution is 2.43. The maximum Gasteiger partial charge on any atom is 0.265 e. The van der Waals surface area contributed by atoms with Crippen molar-refractivity contribution in [1.29, 1.82) is 0 Å². The molecule has 1 saturated carbocycles. The second-order valence-corrected chi connectivity index (χ2v) is 7.80. The molecule has 3 aromatic rings. The van der Waals surface area contributed by atoms with Crippen molar-refractivity contribution >= 4 is 26.5 Å². The van der Waals surface area contributed by atoms with Gasteiger partial charge >= 0.3 is 0 Å². The molecule has 23 heavy (non-hydrogen) atoms. The second kappa shape index (κ2) is 4.32. The standard InChI is InChI=1S/C16H13N3O3S/c20-23(21)13-6-2-4-10-3-1-5-12(15(10)13)19(23)9-14-17-16(22-18-14)11-7-8-11/h1-6,11H,7-9H2. The predicted octanol–water partition coefficient (Wildman–Crippen LogP) is 2.81. The van der Waals surface area contributed by atoms with E-state index in [0.717, 1.165) is 23.6 Å². The molecule has 0 unspecified atom stereocenters. The molecule has 0 atom stereocenters. The first-order valence-electron chi connectivity index (χ1n) is 7.51. The molecule has 5 rings (SSSR count). The zero-order chi connectivity index (χ0) is 15.6. The van der Waals surface area contributed by atoms with Gasteiger partial charge in [-0.05, 0) is 30.4 Å². The Labute approximate surface area is 132 Å². The minimum absolute atomic E-state index is 0.0896. The second-order valence-electron chi connectivity index (χ2n) is 5.97. The summed E-state index contributed by atoms with van der Waals surface area (Å²) in [6, 6.07) is 10.9. The Bertz CT molecular complexity index is 1030. The summed E-state index contributed by atoms with van der Waals surface area (Å²) in [5, 5.41) is 5.62. The zero-order valence-corrected chi connectivity index (χ0v) is 13.0. The van der Waals surface area contributed by atoms with E-state index in [-0.39, 0.29) is 6.54 Å². The number of rotatable bonds is 3. The molecule has 0 spiro atoms. The van der Waals surface area contributed by atoms with Gasteiger partial charge in [-0.1, -0.05) is 29.4 Å². The average Bonchev–Trinajstić information content (AvgIpc) is 3.26. The van der Waals surface area contributed by atoms with Crippen LogP contribution in [0.25, 0.3) is 10.8 Å². The molecule has 1 aliphatic carbocycles. The van der Waals surface area contributed by atoms with Crippen LogP contribution in [-0.2, 0) is 16.6 Å². The summed E-state index contributed by atoms with van der Waals surface area (Å²) >= 11 is 0. The Kier molecular flexibility index (Phi) is 2.45. The van der Waals surface area contributed by atoms with Crippen molar-refractivity contribution in [2.75, 3.05) is 4.31 Å². The van der Waals surface area contributed by atoms with Gasteiger partial charge < -0.3 is 4.52 Å². The molecule has 7 heteroatoms. The maximum atomic E-state index is 12.9. The third-order valence-electron chi connectivity index (χ3n) is 4.38. The minimum Gasteiger partial charge on any atom is -0.339 e. The van der Waals surface area contributed by atoms with E-state index in [2.05, 4.69) is 10.1 Å². The van der Waals surface area contributed by atoms with Gasteiger partial charge in [0, 0.05) is 11.3 Å². The summed E-state index contributed by atoms with van der Waals surface area (Å²) in [7, 11) is -3.58. The SMILES string of the molecule is O=S1(=O)c2cccc3cccc(c23)N1Cc1noc(C2CC2)n1. The van der Waals surface area contributed by atoms with Gasteiger partial charge in [0.25, 0.3) is 10.0 Å². The molecule has 1 fully saturated rings. The van der Waals surface area contributed by atoms with Crippen molar-refractivity contribution < 1.29 is 12.9 Å². The van der Waals surface area contributed by atoms with E-state index in [1.54, 1.807) is 12.1 Å². The van der Waals surface area contributed by atoms with E-state index >= 15 is 0 Å². The van der Waals surface area contributed by atoms with Gasteiger partial charge in [0.15, 0.2) is 5.82 Å². The lowest BCUT2D eigenvalue weighted by atomic mass is 10.1. The minimum atomic E-state index is -3.58. The van der Waals surface area contributed by atoms with E-state index in [1.807, 2.05) is 24.3 Å². The summed E-state index contributed by atoms with van der Waals surface area (Å²) in [5.41, 5.74) is 0.677. The third-order valence-corrected chi connectivity index (χ3v) is 6.18. The number of anilines is 1. The first-order chi connectivity index (χ1) is 11.1. The van der Waals surface area contributed by atoms with Crippen LogP contribution in [0.4, 0.5) is 5.69 Å². The molecule has 2 aliphatic rings. The van der Waals surface area contributed by atoms with E-state index in [4.69, 9.17) is 4.52 Å². The topological polar surface area (TPSA) is 76.3 Å². The monoisotopic (exact) mass is 327 g/mol. The van der Waals surface area contributed by atoms with Crippen molar-refractivity contribution in [2.24, 2.45) is 0 Å². The van der Waals surface area contributed by atoms with Crippen molar-refractivity contribution in [2.45, 2.75) is 30.2 Å². The van der Waals surface area contributed by atoms with Crippen LogP contribution in [0.15, 0.2) is 45.8 Å². The molecule has 2 heterocycles. The van der Waals surface area contributed by atoms with Gasteiger partial charge in [-0.2, -0.15) is 4.98 Å². The quantitative estimate of drug-likeness (QED) is 0.739. The van der Waals surface area contributed by atoms with E-state index in [0.29, 0.717) is 28.2 Å². The molecule has 0 radical (unpaired) electrons. The Morgan fingerprint density at radius 2 is 1.96 bits per heavy atom. The maximum absolute atomic E-state index is 12.9. The molecule has 0 amide bonds. The number of hydrogen-bond donors (Lipinski definition) is 0. The molecule has 1 aliphatic heterocycles. The largest absolute Gasteiger partial charge is 0.339 e. The number of nitrogens with zero attached hydrogens (tertiary/aromatic N) is 3. The first kappa shape index (κ1) is 13.1. The Balaban J connectivity index is 1.61. The van der Waals surface area contributed by atoms with Crippen molar-refractivity contribution in [3.63, 3.8) is 0 Å². The Hall–Kier alpha value is -2.41. The molecule has 1 aromatic heterocycles. The van der Waals surface area contributed by atoms with Crippen molar-refractivity contribution in [1.82, 2.24) is 10.1 Å². The lowest BCUT2D eigenvalue weighted by Gasteiger charge is -2.16. The highest BCUT2D eigenvalue weighted by molar-refractivity contribution is 7.93. The molecule has 0 bridgehead atoms. The molecule has 0 saturated heterocycles. The fourth-order valence-corrected chi connectivity index (χ4v) is 4.75. The number of aromatic nitrogens is 2. The van der Waals surface area contributed by atoms with E-state index in [1.165, 1.54) is 4.31 Å². The smallest absolute Gasteiger partial charge is 0.265 e. The van der Waals surface area contributed by atoms with Crippen LogP contribution in [0.3, 0.4) is 0 Å². The molecular formula is C16H13N3O3S. The summed E-state index contributed by atoms with van der Waals surface area (Å²) in [6.07, 6.45) is 2.13. The third kappa shape index (κ3) is 1.83. The van der Waals surface area contributed by atoms with Gasteiger partial charge in [-0.15, -0.1) is 0 Å². The Morgan fingerprint density at radius 3 is 2.74 bits per heavy atom. The number of sulfonamides is 1. The number of hydrogen-bond acceptors (Lipinski definition) is 5. The summed E-state index contributed by atoms with van der Waals surface area (Å²) in [4.78, 5) is 4.69. The highest BCUT2D eigenvalue weighted by atomic mass is 32.2. The number of benzene rings is 2. The van der Waals surface area contributed by atoms with Crippen molar-refractivity contribution in [3.05, 3.63) is 48.1 Å². The van der Waals surface area contributed by atoms with E-state index in [9.17, 15) is 8.42 Å². The van der Waals surface area contributed by atoms with Gasteiger partial charge in [0.05, 0.1) is 17.1 Å². The van der Waals surface area contributed by atoms with Crippen LogP contribution in [0.5, 0.6) is 0 Å². The van der Waals surface area contributed by atoms with Crippen LogP contribution in [0.2, 0.25) is 0 Å². The predicted molar refractivity (Wildman–Crippen MR) is 83.6 cm³/mol. The van der Waals surface area contributed by atoms with Crippen molar-refractivity contribution in [3.8, 4) is 0 Å². The molecule has 2 aromatic carbocycles. The fraction of sp³-hybridized carbons (Fsp3) is 0.250. The summed E-state index contributed by atoms with van der Waals surface area (Å²) < 4.78 is 32.3. The Morgan fingerprint density at radius 1 is 1.17 bits per heavy atom. The lowest BCUT2D eigenvalue weighted by molar-refractivity contribution is 0.374. The van der Waals surface area contributed by atoms with Gasteiger partial charge in [-0.3, -0.25) is 4.31 Å². The first-order valence-corrected chi connectivity index (χ1v) is 8.95. The van der Waals surface area contributed by atoms with Gasteiger partial charge in [0.1, 0.15) is 0 Å². The van der Waals surface area contributed by atoms with Gasteiger partial charge in [-0.25, -0.2) is 8.42 Å². The lowest BCUT2D eigenvalue weighted by Crippen LogP contribution is -2.27. The molecule has 0 N–H and O–H groups in total. The molecule has 116 valence electrons. The molecular weight excluding hydrogens is 314 g/mol. The normalized spacial score (nSPS) is 18.7. The van der Waals surface area contributed by atoms with Crippen LogP contribution in [-0.4, -0.2) is 18.6 Å². The van der Waals surface area contributed by atoms with Crippen LogP contribution in [0, 0.1) is 0 Å².